The van der Waals surface area contributed by atoms with E-state index in [-0.39, 0.29) is 13.2 Å². The summed E-state index contributed by atoms with van der Waals surface area (Å²) < 4.78 is 50.9. The lowest BCUT2D eigenvalue weighted by molar-refractivity contribution is 0.0579. The molecule has 8 heteroatoms. The lowest BCUT2D eigenvalue weighted by atomic mass is 9.91. The van der Waals surface area contributed by atoms with E-state index in [1.54, 1.807) is 44.6 Å². The molecule has 0 aliphatic carbocycles. The molecular formula is C26H25F2NO5. The molecule has 0 unspecified atom stereocenters. The Morgan fingerprint density at radius 3 is 2.15 bits per heavy atom. The highest BCUT2D eigenvalue weighted by molar-refractivity contribution is 5.95. The van der Waals surface area contributed by atoms with Gasteiger partial charge in [-0.25, -0.2) is 8.78 Å². The minimum atomic E-state index is -0.905. The Morgan fingerprint density at radius 1 is 0.912 bits per heavy atom. The number of hydrogen-bond acceptors (Lipinski definition) is 5. The number of halogens is 2. The van der Waals surface area contributed by atoms with Gasteiger partial charge < -0.3 is 23.8 Å². The number of hydrogen-bond donors (Lipinski definition) is 0. The highest BCUT2D eigenvalue weighted by atomic mass is 19.1. The number of amides is 1. The van der Waals surface area contributed by atoms with Crippen molar-refractivity contribution in [1.29, 1.82) is 0 Å². The summed E-state index contributed by atoms with van der Waals surface area (Å²) in [7, 11) is 4.64. The van der Waals surface area contributed by atoms with Crippen molar-refractivity contribution in [3.63, 3.8) is 0 Å². The second kappa shape index (κ2) is 9.99. The van der Waals surface area contributed by atoms with Crippen LogP contribution in [0.3, 0.4) is 0 Å². The van der Waals surface area contributed by atoms with Gasteiger partial charge in [0, 0.05) is 6.54 Å². The lowest BCUT2D eigenvalue weighted by Crippen LogP contribution is -2.43. The van der Waals surface area contributed by atoms with Crippen molar-refractivity contribution in [2.75, 3.05) is 34.5 Å². The van der Waals surface area contributed by atoms with Crippen molar-refractivity contribution >= 4 is 5.91 Å². The number of carbonyl (C=O) groups is 1. The van der Waals surface area contributed by atoms with Gasteiger partial charge in [0.2, 0.25) is 0 Å². The van der Waals surface area contributed by atoms with Crippen molar-refractivity contribution in [3.05, 3.63) is 82.9 Å². The van der Waals surface area contributed by atoms with Gasteiger partial charge in [-0.15, -0.1) is 0 Å². The number of ether oxygens (including phenoxy) is 4. The van der Waals surface area contributed by atoms with Gasteiger partial charge in [-0.3, -0.25) is 4.79 Å². The smallest absolute Gasteiger partial charge is 0.260 e. The lowest BCUT2D eigenvalue weighted by Gasteiger charge is -2.37. The highest BCUT2D eigenvalue weighted by Crippen LogP contribution is 2.39. The second-order valence-corrected chi connectivity index (χ2v) is 7.75. The van der Waals surface area contributed by atoms with Gasteiger partial charge in [0.15, 0.2) is 11.5 Å². The quantitative estimate of drug-likeness (QED) is 0.497. The first kappa shape index (κ1) is 23.4. The van der Waals surface area contributed by atoms with Crippen LogP contribution in [0.2, 0.25) is 0 Å². The molecule has 0 saturated heterocycles. The van der Waals surface area contributed by atoms with E-state index < -0.39 is 29.1 Å². The Hall–Kier alpha value is -3.81. The summed E-state index contributed by atoms with van der Waals surface area (Å²) >= 11 is 0. The van der Waals surface area contributed by atoms with Gasteiger partial charge in [-0.2, -0.15) is 0 Å². The molecule has 4 rings (SSSR count). The summed E-state index contributed by atoms with van der Waals surface area (Å²) in [5.41, 5.74) is 1.13. The standard InChI is InChI=1S/C26H25F2NO5/c1-31-17-7-9-18(10-8-17)34-15-22-19-14-24(33-3)23(32-2)13-16(19)11-12-29(22)26(30)25-20(27)5-4-6-21(25)28/h4-10,13-14,22H,11-12,15H2,1-3H3/t22-/m1/s1. The summed E-state index contributed by atoms with van der Waals surface area (Å²) in [4.78, 5) is 14.8. The maximum absolute atomic E-state index is 14.5. The number of benzene rings is 3. The fourth-order valence-corrected chi connectivity index (χ4v) is 4.14. The Labute approximate surface area is 196 Å². The molecule has 0 N–H and O–H groups in total. The van der Waals surface area contributed by atoms with E-state index >= 15 is 0 Å². The van der Waals surface area contributed by atoms with Crippen molar-refractivity contribution in [1.82, 2.24) is 4.90 Å². The number of methoxy groups -OCH3 is 3. The molecule has 1 heterocycles. The minimum absolute atomic E-state index is 0.0661. The first-order chi connectivity index (χ1) is 16.5. The molecule has 3 aromatic carbocycles. The van der Waals surface area contributed by atoms with Crippen LogP contribution in [-0.2, 0) is 6.42 Å². The molecule has 3 aromatic rings. The third-order valence-corrected chi connectivity index (χ3v) is 5.91. The van der Waals surface area contributed by atoms with Gasteiger partial charge in [0.1, 0.15) is 35.3 Å². The Kier molecular flexibility index (Phi) is 6.86. The molecule has 178 valence electrons. The Morgan fingerprint density at radius 2 is 1.53 bits per heavy atom. The number of rotatable bonds is 7. The summed E-state index contributed by atoms with van der Waals surface area (Å²) in [5, 5.41) is 0. The summed E-state index contributed by atoms with van der Waals surface area (Å²) in [6.45, 7) is 0.322. The highest BCUT2D eigenvalue weighted by Gasteiger charge is 2.35. The zero-order chi connectivity index (χ0) is 24.2. The molecule has 1 atom stereocenters. The van der Waals surface area contributed by atoms with Crippen molar-refractivity contribution in [2.24, 2.45) is 0 Å². The fraction of sp³-hybridized carbons (Fsp3) is 0.269. The zero-order valence-corrected chi connectivity index (χ0v) is 19.1. The van der Waals surface area contributed by atoms with Crippen LogP contribution >= 0.6 is 0 Å². The first-order valence-electron chi connectivity index (χ1n) is 10.7. The van der Waals surface area contributed by atoms with E-state index in [1.807, 2.05) is 6.07 Å². The van der Waals surface area contributed by atoms with Crippen molar-refractivity contribution in [3.8, 4) is 23.0 Å². The van der Waals surface area contributed by atoms with Gasteiger partial charge in [0.25, 0.3) is 5.91 Å². The first-order valence-corrected chi connectivity index (χ1v) is 10.7. The molecule has 0 spiro atoms. The van der Waals surface area contributed by atoms with Crippen LogP contribution in [-0.4, -0.2) is 45.3 Å². The molecule has 0 aromatic heterocycles. The molecule has 1 aliphatic heterocycles. The molecule has 0 radical (unpaired) electrons. The number of nitrogens with zero attached hydrogens (tertiary/aromatic N) is 1. The number of fused-ring (bicyclic) bond motifs is 1. The summed E-state index contributed by atoms with van der Waals surface area (Å²) in [6.07, 6.45) is 0.483. The molecule has 0 saturated carbocycles. The van der Waals surface area contributed by atoms with Gasteiger partial charge >= 0.3 is 0 Å². The maximum Gasteiger partial charge on any atom is 0.260 e. The molecule has 1 amide bonds. The van der Waals surface area contributed by atoms with Gasteiger partial charge in [0.05, 0.1) is 27.4 Å². The molecule has 6 nitrogen and oxygen atoms in total. The predicted octanol–water partition coefficient (Wildman–Crippen LogP) is 4.81. The number of carbonyl (C=O) groups excluding carboxylic acids is 1. The molecule has 0 fully saturated rings. The molecule has 0 bridgehead atoms. The van der Waals surface area contributed by atoms with Gasteiger partial charge in [-0.05, 0) is 66.1 Å². The van der Waals surface area contributed by atoms with E-state index in [0.717, 1.165) is 23.3 Å². The SMILES string of the molecule is COc1ccc(OC[C@@H]2c3cc(OC)c(OC)cc3CCN2C(=O)c2c(F)cccc2F)cc1. The summed E-state index contributed by atoms with van der Waals surface area (Å²) in [6, 6.07) is 13.4. The minimum Gasteiger partial charge on any atom is -0.497 e. The van der Waals surface area contributed by atoms with Crippen LogP contribution in [0, 0.1) is 11.6 Å². The second-order valence-electron chi connectivity index (χ2n) is 7.75. The van der Waals surface area contributed by atoms with E-state index in [1.165, 1.54) is 18.1 Å². The van der Waals surface area contributed by atoms with Crippen LogP contribution in [0.1, 0.15) is 27.5 Å². The van der Waals surface area contributed by atoms with Crippen molar-refractivity contribution < 1.29 is 32.5 Å². The largest absolute Gasteiger partial charge is 0.497 e. The van der Waals surface area contributed by atoms with Crippen molar-refractivity contribution in [2.45, 2.75) is 12.5 Å². The van der Waals surface area contributed by atoms with E-state index in [2.05, 4.69) is 0 Å². The van der Waals surface area contributed by atoms with Crippen LogP contribution in [0.5, 0.6) is 23.0 Å². The van der Waals surface area contributed by atoms with Crippen LogP contribution in [0.15, 0.2) is 54.6 Å². The Bertz CT molecular complexity index is 1160. The average molecular weight is 469 g/mol. The fourth-order valence-electron chi connectivity index (χ4n) is 4.14. The zero-order valence-electron chi connectivity index (χ0n) is 19.1. The topological polar surface area (TPSA) is 57.2 Å². The van der Waals surface area contributed by atoms with E-state index in [0.29, 0.717) is 29.4 Å². The third kappa shape index (κ3) is 4.48. The van der Waals surface area contributed by atoms with Crippen LogP contribution in [0.25, 0.3) is 0 Å². The third-order valence-electron chi connectivity index (χ3n) is 5.91. The molecule has 1 aliphatic rings. The van der Waals surface area contributed by atoms with Gasteiger partial charge in [-0.1, -0.05) is 6.07 Å². The predicted molar refractivity (Wildman–Crippen MR) is 122 cm³/mol. The molecular weight excluding hydrogens is 444 g/mol. The van der Waals surface area contributed by atoms with Crippen LogP contribution < -0.4 is 18.9 Å². The monoisotopic (exact) mass is 469 g/mol. The van der Waals surface area contributed by atoms with E-state index in [9.17, 15) is 13.6 Å². The Balaban J connectivity index is 1.72. The van der Waals surface area contributed by atoms with Crippen LogP contribution in [0.4, 0.5) is 8.78 Å². The maximum atomic E-state index is 14.5. The molecule has 34 heavy (non-hydrogen) atoms. The average Bonchev–Trinajstić information content (AvgIpc) is 2.86. The summed E-state index contributed by atoms with van der Waals surface area (Å²) in [5.74, 6) is -0.245. The normalized spacial score (nSPS) is 14.9. The van der Waals surface area contributed by atoms with E-state index in [4.69, 9.17) is 18.9 Å².